The molecule has 2 atom stereocenters. The highest BCUT2D eigenvalue weighted by Crippen LogP contribution is 2.44. The minimum Gasteiger partial charge on any atom is -0.338 e. The fourth-order valence-corrected chi connectivity index (χ4v) is 5.08. The van der Waals surface area contributed by atoms with Crippen molar-refractivity contribution in [2.24, 2.45) is 10.8 Å². The SMILES string of the molecule is CC1(C)CCC(C)(CNC(=O)NC2CCCC(S(C)(=O)=O)C2)CC1. The summed E-state index contributed by atoms with van der Waals surface area (Å²) in [4.78, 5) is 12.2. The number of rotatable bonds is 4. The number of hydrogen-bond donors (Lipinski definition) is 2. The molecule has 2 rings (SSSR count). The second-order valence-electron chi connectivity index (χ2n) is 9.12. The fraction of sp³-hybridized carbons (Fsp3) is 0.944. The normalized spacial score (nSPS) is 29.7. The second kappa shape index (κ2) is 7.22. The summed E-state index contributed by atoms with van der Waals surface area (Å²) in [7, 11) is -3.02. The predicted molar refractivity (Wildman–Crippen MR) is 97.8 cm³/mol. The van der Waals surface area contributed by atoms with E-state index in [1.165, 1.54) is 19.1 Å². The Morgan fingerprint density at radius 3 is 2.29 bits per heavy atom. The van der Waals surface area contributed by atoms with Crippen molar-refractivity contribution < 1.29 is 13.2 Å². The number of carbonyl (C=O) groups is 1. The number of hydrogen-bond acceptors (Lipinski definition) is 3. The van der Waals surface area contributed by atoms with Crippen molar-refractivity contribution in [2.45, 2.75) is 83.4 Å². The first kappa shape index (κ1) is 19.5. The lowest BCUT2D eigenvalue weighted by molar-refractivity contribution is 0.117. The molecule has 0 heterocycles. The van der Waals surface area contributed by atoms with Crippen molar-refractivity contribution in [1.29, 1.82) is 0 Å². The van der Waals surface area contributed by atoms with Gasteiger partial charge in [-0.2, -0.15) is 0 Å². The van der Waals surface area contributed by atoms with Crippen LogP contribution in [0.15, 0.2) is 0 Å². The molecule has 2 N–H and O–H groups in total. The van der Waals surface area contributed by atoms with Gasteiger partial charge in [0.1, 0.15) is 9.84 Å². The summed E-state index contributed by atoms with van der Waals surface area (Å²) < 4.78 is 23.4. The maximum Gasteiger partial charge on any atom is 0.315 e. The first-order valence-electron chi connectivity index (χ1n) is 9.22. The molecule has 0 aliphatic heterocycles. The zero-order chi connectivity index (χ0) is 18.0. The lowest BCUT2D eigenvalue weighted by Gasteiger charge is -2.41. The van der Waals surface area contributed by atoms with Gasteiger partial charge in [0.05, 0.1) is 5.25 Å². The van der Waals surface area contributed by atoms with E-state index in [1.807, 2.05) is 0 Å². The van der Waals surface area contributed by atoms with E-state index in [-0.39, 0.29) is 22.7 Å². The van der Waals surface area contributed by atoms with Crippen molar-refractivity contribution in [3.05, 3.63) is 0 Å². The summed E-state index contributed by atoms with van der Waals surface area (Å²) in [5.41, 5.74) is 0.596. The Bertz CT molecular complexity index is 547. The summed E-state index contributed by atoms with van der Waals surface area (Å²) in [6.07, 6.45) is 8.95. The summed E-state index contributed by atoms with van der Waals surface area (Å²) in [5.74, 6) is 0. The first-order chi connectivity index (χ1) is 11.0. The van der Waals surface area contributed by atoms with Gasteiger partial charge >= 0.3 is 6.03 Å². The van der Waals surface area contributed by atoms with E-state index in [0.717, 1.165) is 25.7 Å². The molecule has 24 heavy (non-hydrogen) atoms. The molecule has 2 aliphatic carbocycles. The van der Waals surface area contributed by atoms with Crippen LogP contribution >= 0.6 is 0 Å². The Kier molecular flexibility index (Phi) is 5.88. The van der Waals surface area contributed by atoms with Gasteiger partial charge in [0.2, 0.25) is 0 Å². The Labute approximate surface area is 147 Å². The summed E-state index contributed by atoms with van der Waals surface area (Å²) in [5, 5.41) is 5.69. The van der Waals surface area contributed by atoms with Crippen molar-refractivity contribution in [1.82, 2.24) is 10.6 Å². The largest absolute Gasteiger partial charge is 0.338 e. The molecular weight excluding hydrogens is 324 g/mol. The van der Waals surface area contributed by atoms with Gasteiger partial charge in [-0.15, -0.1) is 0 Å². The van der Waals surface area contributed by atoms with Gasteiger partial charge in [-0.05, 0) is 55.8 Å². The zero-order valence-corrected chi connectivity index (χ0v) is 16.5. The monoisotopic (exact) mass is 358 g/mol. The van der Waals surface area contributed by atoms with Gasteiger partial charge < -0.3 is 10.6 Å². The molecule has 140 valence electrons. The van der Waals surface area contributed by atoms with E-state index in [9.17, 15) is 13.2 Å². The minimum atomic E-state index is -3.02. The fourth-order valence-electron chi connectivity index (χ4n) is 3.90. The number of urea groups is 1. The van der Waals surface area contributed by atoms with Gasteiger partial charge in [0.15, 0.2) is 0 Å². The Balaban J connectivity index is 1.77. The van der Waals surface area contributed by atoms with Gasteiger partial charge in [-0.3, -0.25) is 0 Å². The van der Waals surface area contributed by atoms with Gasteiger partial charge in [-0.25, -0.2) is 13.2 Å². The summed E-state index contributed by atoms with van der Waals surface area (Å²) >= 11 is 0. The topological polar surface area (TPSA) is 75.3 Å². The van der Waals surface area contributed by atoms with Crippen LogP contribution in [0.3, 0.4) is 0 Å². The Morgan fingerprint density at radius 1 is 1.08 bits per heavy atom. The van der Waals surface area contributed by atoms with Gasteiger partial charge in [0.25, 0.3) is 0 Å². The highest BCUT2D eigenvalue weighted by molar-refractivity contribution is 7.91. The molecule has 0 aromatic rings. The van der Waals surface area contributed by atoms with E-state index in [4.69, 9.17) is 0 Å². The van der Waals surface area contributed by atoms with E-state index in [1.54, 1.807) is 0 Å². The average molecular weight is 359 g/mol. The van der Waals surface area contributed by atoms with Crippen LogP contribution in [0.1, 0.15) is 72.1 Å². The second-order valence-corrected chi connectivity index (χ2v) is 11.4. The van der Waals surface area contributed by atoms with Crippen LogP contribution < -0.4 is 10.6 Å². The highest BCUT2D eigenvalue weighted by Gasteiger charge is 2.35. The molecule has 2 aliphatic rings. The molecular formula is C18H34N2O3S. The van der Waals surface area contributed by atoms with Crippen LogP contribution in [-0.2, 0) is 9.84 Å². The van der Waals surface area contributed by atoms with Gasteiger partial charge in [-0.1, -0.05) is 27.2 Å². The third-order valence-corrected chi connectivity index (χ3v) is 7.69. The molecule has 2 saturated carbocycles. The lowest BCUT2D eigenvalue weighted by Crippen LogP contribution is -2.48. The van der Waals surface area contributed by atoms with Crippen molar-refractivity contribution in [2.75, 3.05) is 12.8 Å². The molecule has 2 fully saturated rings. The molecule has 0 bridgehead atoms. The lowest BCUT2D eigenvalue weighted by atomic mass is 9.66. The van der Waals surface area contributed by atoms with Crippen molar-refractivity contribution >= 4 is 15.9 Å². The zero-order valence-electron chi connectivity index (χ0n) is 15.7. The van der Waals surface area contributed by atoms with Crippen LogP contribution in [0.5, 0.6) is 0 Å². The molecule has 0 saturated heterocycles. The number of sulfone groups is 1. The predicted octanol–water partition coefficient (Wildman–Crippen LogP) is 3.25. The molecule has 2 amide bonds. The maximum absolute atomic E-state index is 12.2. The number of nitrogens with one attached hydrogen (secondary N) is 2. The molecule has 5 nitrogen and oxygen atoms in total. The van der Waals surface area contributed by atoms with E-state index in [2.05, 4.69) is 31.4 Å². The van der Waals surface area contributed by atoms with E-state index >= 15 is 0 Å². The summed E-state index contributed by atoms with van der Waals surface area (Å²) in [6.45, 7) is 7.57. The Hall–Kier alpha value is -0.780. The van der Waals surface area contributed by atoms with E-state index < -0.39 is 9.84 Å². The smallest absolute Gasteiger partial charge is 0.315 e. The molecule has 0 spiro atoms. The van der Waals surface area contributed by atoms with Crippen LogP contribution in [-0.4, -0.2) is 38.5 Å². The third-order valence-electron chi connectivity index (χ3n) is 6.05. The van der Waals surface area contributed by atoms with E-state index in [0.29, 0.717) is 24.8 Å². The number of amides is 2. The van der Waals surface area contributed by atoms with Crippen LogP contribution in [0, 0.1) is 10.8 Å². The number of carbonyl (C=O) groups excluding carboxylic acids is 1. The quantitative estimate of drug-likeness (QED) is 0.810. The van der Waals surface area contributed by atoms with Crippen LogP contribution in [0.2, 0.25) is 0 Å². The average Bonchev–Trinajstić information content (AvgIpc) is 2.49. The van der Waals surface area contributed by atoms with Crippen molar-refractivity contribution in [3.63, 3.8) is 0 Å². The minimum absolute atomic E-state index is 0.0310. The van der Waals surface area contributed by atoms with Crippen molar-refractivity contribution in [3.8, 4) is 0 Å². The van der Waals surface area contributed by atoms with Gasteiger partial charge in [0, 0.05) is 18.8 Å². The highest BCUT2D eigenvalue weighted by atomic mass is 32.2. The van der Waals surface area contributed by atoms with Crippen LogP contribution in [0.25, 0.3) is 0 Å². The Morgan fingerprint density at radius 2 is 1.71 bits per heavy atom. The van der Waals surface area contributed by atoms with Crippen LogP contribution in [0.4, 0.5) is 4.79 Å². The molecule has 2 unspecified atom stereocenters. The first-order valence-corrected chi connectivity index (χ1v) is 11.2. The standard InChI is InChI=1S/C18H34N2O3S/c1-17(2)8-10-18(3,11-9-17)13-19-16(21)20-14-6-5-7-15(12-14)24(4,22)23/h14-15H,5-13H2,1-4H3,(H2,19,20,21). The summed E-state index contributed by atoms with van der Waals surface area (Å²) in [6, 6.07) is -0.184. The molecule has 0 aromatic carbocycles. The molecule has 0 aromatic heterocycles. The molecule has 6 heteroatoms. The molecule has 0 radical (unpaired) electrons. The maximum atomic E-state index is 12.2. The third kappa shape index (κ3) is 5.64.